The van der Waals surface area contributed by atoms with Crippen LogP contribution in [0.1, 0.15) is 26.2 Å². The van der Waals surface area contributed by atoms with E-state index in [4.69, 9.17) is 5.73 Å². The lowest BCUT2D eigenvalue weighted by Crippen LogP contribution is -2.28. The third-order valence-corrected chi connectivity index (χ3v) is 6.14. The van der Waals surface area contributed by atoms with Crippen LogP contribution in [0.25, 0.3) is 10.9 Å². The largest absolute Gasteiger partial charge is 0.399 e. The number of hydrogen-bond donors (Lipinski definition) is 2. The molecule has 114 valence electrons. The zero-order chi connectivity index (χ0) is 15.0. The lowest BCUT2D eigenvalue weighted by Gasteiger charge is -2.16. The summed E-state index contributed by atoms with van der Waals surface area (Å²) < 4.78 is 27.3. The molecule has 2 heterocycles. The Hall–Kier alpha value is -1.53. The summed E-state index contributed by atoms with van der Waals surface area (Å²) >= 11 is 0. The molecule has 0 bridgehead atoms. The van der Waals surface area contributed by atoms with Crippen molar-refractivity contribution >= 4 is 26.6 Å². The second-order valence-corrected chi connectivity index (χ2v) is 7.67. The molecule has 1 fully saturated rings. The van der Waals surface area contributed by atoms with Crippen molar-refractivity contribution < 1.29 is 8.42 Å². The van der Waals surface area contributed by atoms with Gasteiger partial charge < -0.3 is 10.7 Å². The van der Waals surface area contributed by atoms with Gasteiger partial charge >= 0.3 is 0 Å². The molecule has 1 aromatic heterocycles. The van der Waals surface area contributed by atoms with Crippen molar-refractivity contribution in [3.63, 3.8) is 0 Å². The summed E-state index contributed by atoms with van der Waals surface area (Å²) in [6.45, 7) is 3.38. The molecule has 1 atom stereocenters. The van der Waals surface area contributed by atoms with Gasteiger partial charge in [0.2, 0.25) is 10.0 Å². The van der Waals surface area contributed by atoms with E-state index in [2.05, 4.69) is 11.9 Å². The number of benzene rings is 1. The van der Waals surface area contributed by atoms with Crippen LogP contribution in [-0.2, 0) is 10.0 Å². The van der Waals surface area contributed by atoms with E-state index in [1.165, 1.54) is 0 Å². The predicted molar refractivity (Wildman–Crippen MR) is 84.5 cm³/mol. The standard InChI is InChI=1S/C15H21N3O2S/c1-2-3-11-6-7-18(10-11)21(19,20)15-9-17-14-5-4-12(16)8-13(14)15/h4-5,8-9,11,17H,2-3,6-7,10,16H2,1H3. The fraction of sp³-hybridized carbons (Fsp3) is 0.467. The fourth-order valence-electron chi connectivity index (χ4n) is 3.12. The van der Waals surface area contributed by atoms with Crippen molar-refractivity contribution in [1.82, 2.24) is 9.29 Å². The second kappa shape index (κ2) is 5.35. The Labute approximate surface area is 125 Å². The van der Waals surface area contributed by atoms with E-state index in [0.29, 0.717) is 35.0 Å². The summed E-state index contributed by atoms with van der Waals surface area (Å²) in [4.78, 5) is 3.36. The van der Waals surface area contributed by atoms with Crippen LogP contribution in [0.4, 0.5) is 5.69 Å². The molecule has 0 spiro atoms. The maximum absolute atomic E-state index is 12.8. The second-order valence-electron chi connectivity index (χ2n) is 5.76. The lowest BCUT2D eigenvalue weighted by atomic mass is 10.0. The average Bonchev–Trinajstić information content (AvgIpc) is 3.05. The normalized spacial score (nSPS) is 20.3. The number of nitrogens with one attached hydrogen (secondary N) is 1. The van der Waals surface area contributed by atoms with Crippen LogP contribution in [0, 0.1) is 5.92 Å². The van der Waals surface area contributed by atoms with Gasteiger partial charge in [-0.3, -0.25) is 0 Å². The van der Waals surface area contributed by atoms with Gasteiger partial charge in [-0.15, -0.1) is 0 Å². The predicted octanol–water partition coefficient (Wildman–Crippen LogP) is 2.56. The van der Waals surface area contributed by atoms with Crippen molar-refractivity contribution in [2.24, 2.45) is 5.92 Å². The summed E-state index contributed by atoms with van der Waals surface area (Å²) in [5.74, 6) is 0.486. The number of hydrogen-bond acceptors (Lipinski definition) is 3. The molecule has 1 aromatic carbocycles. The van der Waals surface area contributed by atoms with Gasteiger partial charge in [-0.2, -0.15) is 4.31 Å². The SMILES string of the molecule is CCCC1CCN(S(=O)(=O)c2c[nH]c3ccc(N)cc23)C1. The molecule has 1 aliphatic rings. The first-order valence-corrected chi connectivity index (χ1v) is 8.83. The van der Waals surface area contributed by atoms with Crippen LogP contribution in [-0.4, -0.2) is 30.8 Å². The van der Waals surface area contributed by atoms with E-state index >= 15 is 0 Å². The Morgan fingerprint density at radius 3 is 3.00 bits per heavy atom. The molecule has 0 saturated carbocycles. The van der Waals surface area contributed by atoms with Gasteiger partial charge in [0.1, 0.15) is 4.90 Å². The monoisotopic (exact) mass is 307 g/mol. The van der Waals surface area contributed by atoms with Gasteiger partial charge in [0.15, 0.2) is 0 Å². The highest BCUT2D eigenvalue weighted by molar-refractivity contribution is 7.89. The van der Waals surface area contributed by atoms with Crippen molar-refractivity contribution in [3.05, 3.63) is 24.4 Å². The maximum atomic E-state index is 12.8. The highest BCUT2D eigenvalue weighted by Gasteiger charge is 2.33. The quantitative estimate of drug-likeness (QED) is 0.852. The minimum Gasteiger partial charge on any atom is -0.399 e. The van der Waals surface area contributed by atoms with Gasteiger partial charge in [0.05, 0.1) is 0 Å². The molecular formula is C15H21N3O2S. The van der Waals surface area contributed by atoms with Gasteiger partial charge in [-0.25, -0.2) is 8.42 Å². The van der Waals surface area contributed by atoms with Crippen molar-refractivity contribution in [2.45, 2.75) is 31.1 Å². The Bertz CT molecular complexity index is 751. The highest BCUT2D eigenvalue weighted by atomic mass is 32.2. The van der Waals surface area contributed by atoms with Crippen LogP contribution in [0.2, 0.25) is 0 Å². The summed E-state index contributed by atoms with van der Waals surface area (Å²) in [6.07, 6.45) is 4.72. The van der Waals surface area contributed by atoms with Gasteiger partial charge in [-0.05, 0) is 37.0 Å². The van der Waals surface area contributed by atoms with Gasteiger partial charge in [0.25, 0.3) is 0 Å². The Balaban J connectivity index is 1.96. The van der Waals surface area contributed by atoms with E-state index < -0.39 is 10.0 Å². The molecule has 3 N–H and O–H groups in total. The number of nitrogen functional groups attached to an aromatic ring is 1. The number of sulfonamides is 1. The molecule has 2 aromatic rings. The molecule has 0 aliphatic carbocycles. The molecule has 21 heavy (non-hydrogen) atoms. The first kappa shape index (κ1) is 14.4. The first-order chi connectivity index (χ1) is 10.0. The van der Waals surface area contributed by atoms with E-state index in [9.17, 15) is 8.42 Å². The third kappa shape index (κ3) is 2.53. The van der Waals surface area contributed by atoms with E-state index in [-0.39, 0.29) is 0 Å². The topological polar surface area (TPSA) is 79.2 Å². The van der Waals surface area contributed by atoms with Gasteiger partial charge in [-0.1, -0.05) is 13.3 Å². The number of anilines is 1. The summed E-state index contributed by atoms with van der Waals surface area (Å²) in [6, 6.07) is 5.30. The van der Waals surface area contributed by atoms with Crippen LogP contribution in [0.5, 0.6) is 0 Å². The summed E-state index contributed by atoms with van der Waals surface area (Å²) in [7, 11) is -3.44. The third-order valence-electron chi connectivity index (χ3n) is 4.23. The van der Waals surface area contributed by atoms with E-state index in [0.717, 1.165) is 24.8 Å². The molecule has 0 radical (unpaired) electrons. The molecule has 3 rings (SSSR count). The van der Waals surface area contributed by atoms with E-state index in [1.807, 2.05) is 6.07 Å². The van der Waals surface area contributed by atoms with Crippen molar-refractivity contribution in [1.29, 1.82) is 0 Å². The molecule has 0 amide bonds. The zero-order valence-corrected chi connectivity index (χ0v) is 13.0. The number of H-pyrrole nitrogens is 1. The Morgan fingerprint density at radius 1 is 1.43 bits per heavy atom. The average molecular weight is 307 g/mol. The number of fused-ring (bicyclic) bond motifs is 1. The number of nitrogens with zero attached hydrogens (tertiary/aromatic N) is 1. The molecule has 1 unspecified atom stereocenters. The number of aromatic amines is 1. The van der Waals surface area contributed by atoms with E-state index in [1.54, 1.807) is 22.6 Å². The Morgan fingerprint density at radius 2 is 2.24 bits per heavy atom. The minimum absolute atomic E-state index is 0.335. The summed E-state index contributed by atoms with van der Waals surface area (Å²) in [5, 5.41) is 0.675. The maximum Gasteiger partial charge on any atom is 0.245 e. The molecule has 1 saturated heterocycles. The van der Waals surface area contributed by atoms with Crippen molar-refractivity contribution in [3.8, 4) is 0 Å². The van der Waals surface area contributed by atoms with Crippen LogP contribution in [0.15, 0.2) is 29.3 Å². The first-order valence-electron chi connectivity index (χ1n) is 7.39. The summed E-state index contributed by atoms with van der Waals surface area (Å²) in [5.41, 5.74) is 7.16. The van der Waals surface area contributed by atoms with Crippen LogP contribution in [0.3, 0.4) is 0 Å². The minimum atomic E-state index is -3.44. The number of nitrogens with two attached hydrogens (primary N) is 1. The number of aromatic nitrogens is 1. The van der Waals surface area contributed by atoms with Gasteiger partial charge in [0, 0.05) is 35.9 Å². The molecule has 5 nitrogen and oxygen atoms in total. The molecule has 6 heteroatoms. The smallest absolute Gasteiger partial charge is 0.245 e. The fourth-order valence-corrected chi connectivity index (χ4v) is 4.81. The van der Waals surface area contributed by atoms with Crippen LogP contribution >= 0.6 is 0 Å². The number of rotatable bonds is 4. The molecular weight excluding hydrogens is 286 g/mol. The zero-order valence-electron chi connectivity index (χ0n) is 12.2. The van der Waals surface area contributed by atoms with Crippen molar-refractivity contribution in [2.75, 3.05) is 18.8 Å². The molecule has 1 aliphatic heterocycles. The highest BCUT2D eigenvalue weighted by Crippen LogP contribution is 2.31. The van der Waals surface area contributed by atoms with Crippen LogP contribution < -0.4 is 5.73 Å². The Kier molecular flexibility index (Phi) is 3.67. The lowest BCUT2D eigenvalue weighted by molar-refractivity contribution is 0.445.